The van der Waals surface area contributed by atoms with E-state index in [-0.39, 0.29) is 24.8 Å². The van der Waals surface area contributed by atoms with Crippen molar-refractivity contribution in [2.45, 2.75) is 48.0 Å². The zero-order chi connectivity index (χ0) is 21.4. The van der Waals surface area contributed by atoms with Crippen LogP contribution in [0.25, 0.3) is 0 Å². The predicted octanol–water partition coefficient (Wildman–Crippen LogP) is 6.87. The number of hydrogen-bond donors (Lipinski definition) is 0. The van der Waals surface area contributed by atoms with Crippen molar-refractivity contribution in [2.75, 3.05) is 0 Å². The zero-order valence-electron chi connectivity index (χ0n) is 20.0. The van der Waals surface area contributed by atoms with Crippen molar-refractivity contribution in [3.8, 4) is 0 Å². The Morgan fingerprint density at radius 1 is 0.750 bits per heavy atom. The number of halogens is 2. The van der Waals surface area contributed by atoms with Gasteiger partial charge in [0.25, 0.3) is 0 Å². The van der Waals surface area contributed by atoms with Gasteiger partial charge >= 0.3 is 192 Å². The van der Waals surface area contributed by atoms with Gasteiger partial charge in [0.15, 0.2) is 0 Å². The molecule has 0 amide bonds. The summed E-state index contributed by atoms with van der Waals surface area (Å²) >= 11 is -2.19. The third kappa shape index (κ3) is 5.10. The normalized spacial score (nSPS) is 18.1. The van der Waals surface area contributed by atoms with Crippen molar-refractivity contribution in [1.82, 2.24) is 0 Å². The average molecular weight is 562 g/mol. The van der Waals surface area contributed by atoms with E-state index in [2.05, 4.69) is 108 Å². The van der Waals surface area contributed by atoms with Crippen LogP contribution >= 0.6 is 24.8 Å². The van der Waals surface area contributed by atoms with E-state index < -0.39 is 26.8 Å². The van der Waals surface area contributed by atoms with Crippen molar-refractivity contribution < 1.29 is 20.9 Å². The van der Waals surface area contributed by atoms with Crippen LogP contribution in [0.2, 0.25) is 0 Å². The molecular formula is C28H35Cl2SiZr. The van der Waals surface area contributed by atoms with Crippen LogP contribution in [-0.4, -0.2) is 5.92 Å². The molecule has 32 heavy (non-hydrogen) atoms. The van der Waals surface area contributed by atoms with Crippen LogP contribution in [0.5, 0.6) is 0 Å². The molecule has 0 aromatic heterocycles. The molecule has 0 N–H and O–H groups in total. The van der Waals surface area contributed by atoms with E-state index in [4.69, 9.17) is 0 Å². The van der Waals surface area contributed by atoms with E-state index in [1.165, 1.54) is 6.42 Å². The van der Waals surface area contributed by atoms with Crippen LogP contribution in [0.1, 0.15) is 48.0 Å². The summed E-state index contributed by atoms with van der Waals surface area (Å²) < 4.78 is 3.75. The second kappa shape index (κ2) is 11.5. The Bertz CT molecular complexity index is 1040. The number of allylic oxidation sites excluding steroid dienone is 8. The largest absolute Gasteiger partial charge is 0.147 e. The van der Waals surface area contributed by atoms with Crippen LogP contribution in [0.3, 0.4) is 0 Å². The molecule has 2 aromatic rings. The van der Waals surface area contributed by atoms with Gasteiger partial charge in [-0.05, 0) is 0 Å². The minimum atomic E-state index is -2.19. The number of hydrogen-bond acceptors (Lipinski definition) is 0. The molecule has 2 aliphatic carbocycles. The third-order valence-electron chi connectivity index (χ3n) is 7.25. The van der Waals surface area contributed by atoms with E-state index in [9.17, 15) is 0 Å². The van der Waals surface area contributed by atoms with Gasteiger partial charge in [-0.3, -0.25) is 0 Å². The van der Waals surface area contributed by atoms with Gasteiger partial charge in [0.05, 0.1) is 0 Å². The van der Waals surface area contributed by atoms with Crippen LogP contribution < -0.4 is 10.4 Å². The van der Waals surface area contributed by atoms with Crippen LogP contribution in [0.4, 0.5) is 0 Å². The Balaban J connectivity index is 0.00000181. The fourth-order valence-electron chi connectivity index (χ4n) is 5.24. The van der Waals surface area contributed by atoms with Gasteiger partial charge in [-0.15, -0.1) is 24.8 Å². The van der Waals surface area contributed by atoms with Crippen molar-refractivity contribution in [3.05, 3.63) is 101 Å². The van der Waals surface area contributed by atoms with Gasteiger partial charge in [0.1, 0.15) is 0 Å². The predicted molar refractivity (Wildman–Crippen MR) is 145 cm³/mol. The van der Waals surface area contributed by atoms with Gasteiger partial charge in [0.2, 0.25) is 0 Å². The van der Waals surface area contributed by atoms with E-state index in [0.717, 1.165) is 0 Å². The van der Waals surface area contributed by atoms with Gasteiger partial charge in [0, 0.05) is 0 Å². The Hall–Kier alpha value is -0.920. The molecule has 0 spiro atoms. The van der Waals surface area contributed by atoms with Crippen LogP contribution in [0.15, 0.2) is 101 Å². The van der Waals surface area contributed by atoms with E-state index in [1.807, 2.05) is 6.56 Å². The van der Waals surface area contributed by atoms with E-state index in [1.54, 1.807) is 38.2 Å². The second-order valence-electron chi connectivity index (χ2n) is 9.06. The van der Waals surface area contributed by atoms with Gasteiger partial charge in [-0.25, -0.2) is 0 Å². The van der Waals surface area contributed by atoms with Crippen LogP contribution in [0, 0.1) is 5.92 Å². The quantitative estimate of drug-likeness (QED) is 0.350. The summed E-state index contributed by atoms with van der Waals surface area (Å²) in [5.41, 5.74) is 7.94. The average Bonchev–Trinajstić information content (AvgIpc) is 3.16. The van der Waals surface area contributed by atoms with Gasteiger partial charge < -0.3 is 0 Å². The first-order valence-corrected chi connectivity index (χ1v) is 19.6. The molecule has 1 atom stereocenters. The van der Waals surface area contributed by atoms with Gasteiger partial charge in [-0.1, -0.05) is 0 Å². The van der Waals surface area contributed by atoms with Gasteiger partial charge in [-0.2, -0.15) is 0 Å². The molecule has 0 heterocycles. The molecule has 0 saturated carbocycles. The van der Waals surface area contributed by atoms with Crippen molar-refractivity contribution >= 4 is 41.1 Å². The van der Waals surface area contributed by atoms with Crippen LogP contribution in [-0.2, 0) is 20.9 Å². The molecule has 0 radical (unpaired) electrons. The maximum absolute atomic E-state index is 2.49. The summed E-state index contributed by atoms with van der Waals surface area (Å²) in [7, 11) is 0. The minimum absolute atomic E-state index is 0. The minimum Gasteiger partial charge on any atom is -0.147 e. The Kier molecular flexibility index (Phi) is 9.80. The zero-order valence-corrected chi connectivity index (χ0v) is 25.3. The summed E-state index contributed by atoms with van der Waals surface area (Å²) in [6, 6.07) is 23.1. The Morgan fingerprint density at radius 3 is 1.62 bits per heavy atom. The monoisotopic (exact) mass is 559 g/mol. The molecule has 4 heteroatoms. The topological polar surface area (TPSA) is 0 Å². The molecule has 4 rings (SSSR count). The number of rotatable bonds is 5. The Morgan fingerprint density at radius 2 is 1.25 bits per heavy atom. The Labute approximate surface area is 215 Å². The molecule has 0 aliphatic heterocycles. The SMILES string of the molecule is CC1=CC(C)=[C]([Zr]([C]2=C(C)C(C)=C(C)C2)[SiH](c2ccccc2)c2ccccc2)C1C.Cl.Cl. The molecular weight excluding hydrogens is 527 g/mol. The third-order valence-corrected chi connectivity index (χ3v) is 29.4. The summed E-state index contributed by atoms with van der Waals surface area (Å²) in [6.07, 6.45) is 3.71. The maximum Gasteiger partial charge on any atom is -0.147 e. The fourth-order valence-corrected chi connectivity index (χ4v) is 31.8. The molecule has 0 bridgehead atoms. The first-order valence-electron chi connectivity index (χ1n) is 11.1. The standard InChI is InChI=1S/C12H11Si.2C8H11.2ClH.Zr/c1-3-7-11(8-4-1)13-12-9-5-2-6-10-12;1-6-4-7(2)8(3)5-6;1-6-4-5-7(2)8(6)3;;;/h1-10,13H;4,8H,1-3H3;4H2,1-3H3;2*1H;. The summed E-state index contributed by atoms with van der Waals surface area (Å²) in [5, 5.41) is 3.27. The second-order valence-corrected chi connectivity index (χ2v) is 23.8. The first-order chi connectivity index (χ1) is 14.4. The summed E-state index contributed by atoms with van der Waals surface area (Å²) in [5.74, 6) is -0.734. The summed E-state index contributed by atoms with van der Waals surface area (Å²) in [6.45, 7) is 14.3. The molecule has 169 valence electrons. The number of benzene rings is 2. The molecule has 1 unspecified atom stereocenters. The van der Waals surface area contributed by atoms with E-state index in [0.29, 0.717) is 5.92 Å². The molecule has 2 aliphatic rings. The van der Waals surface area contributed by atoms with Crippen molar-refractivity contribution in [2.24, 2.45) is 5.92 Å². The van der Waals surface area contributed by atoms with Crippen molar-refractivity contribution in [3.63, 3.8) is 0 Å². The molecule has 2 aromatic carbocycles. The van der Waals surface area contributed by atoms with E-state index >= 15 is 0 Å². The molecule has 0 fully saturated rings. The smallest absolute Gasteiger partial charge is 0.147 e. The first kappa shape index (κ1) is 27.3. The van der Waals surface area contributed by atoms with Crippen molar-refractivity contribution in [1.29, 1.82) is 0 Å². The molecule has 0 saturated heterocycles. The summed E-state index contributed by atoms with van der Waals surface area (Å²) in [4.78, 5) is 0. The maximum atomic E-state index is 2.49. The molecule has 0 nitrogen and oxygen atoms in total. The fraction of sp³-hybridized carbons (Fsp3) is 0.286.